The van der Waals surface area contributed by atoms with Crippen molar-refractivity contribution in [3.63, 3.8) is 0 Å². The van der Waals surface area contributed by atoms with Crippen LogP contribution in [-0.2, 0) is 0 Å². The van der Waals surface area contributed by atoms with E-state index in [2.05, 4.69) is 134 Å². The Morgan fingerprint density at radius 3 is 1.68 bits per heavy atom. The van der Waals surface area contributed by atoms with Crippen molar-refractivity contribution < 1.29 is 0 Å². The number of allylic oxidation sites excluding steroid dienone is 3. The van der Waals surface area contributed by atoms with Gasteiger partial charge in [-0.05, 0) is 97.6 Å². The van der Waals surface area contributed by atoms with Crippen molar-refractivity contribution in [1.29, 1.82) is 0 Å². The molecule has 1 heterocycles. The highest BCUT2D eigenvalue weighted by Crippen LogP contribution is 2.35. The summed E-state index contributed by atoms with van der Waals surface area (Å²) in [5, 5.41) is 1.54. The van der Waals surface area contributed by atoms with Gasteiger partial charge in [-0.3, -0.25) is 4.79 Å². The molecule has 0 fully saturated rings. The first-order valence-corrected chi connectivity index (χ1v) is 14.7. The van der Waals surface area contributed by atoms with Crippen molar-refractivity contribution in [3.8, 4) is 22.3 Å². The van der Waals surface area contributed by atoms with E-state index in [0.717, 1.165) is 59.5 Å². The van der Waals surface area contributed by atoms with Crippen molar-refractivity contribution in [2.45, 2.75) is 20.8 Å². The summed E-state index contributed by atoms with van der Waals surface area (Å²) in [6, 6.07) is 40.0. The Kier molecular flexibility index (Phi) is 7.37. The molecule has 0 aliphatic heterocycles. The van der Waals surface area contributed by atoms with E-state index >= 15 is 0 Å². The highest BCUT2D eigenvalue weighted by atomic mass is 32.1. The molecular formula is C38H31NOS. The minimum absolute atomic E-state index is 0.0902. The minimum atomic E-state index is 0.0902. The first kappa shape index (κ1) is 26.5. The summed E-state index contributed by atoms with van der Waals surface area (Å²) in [5.41, 5.74) is 9.13. The third-order valence-electron chi connectivity index (χ3n) is 7.42. The average molecular weight is 550 g/mol. The third-order valence-corrected chi connectivity index (χ3v) is 8.54. The minimum Gasteiger partial charge on any atom is -0.311 e. The Labute approximate surface area is 245 Å². The second kappa shape index (κ2) is 11.4. The maximum atomic E-state index is 13.4. The zero-order chi connectivity index (χ0) is 28.3. The molecule has 1 aromatic heterocycles. The van der Waals surface area contributed by atoms with Gasteiger partial charge in [0.1, 0.15) is 0 Å². The monoisotopic (exact) mass is 549 g/mol. The van der Waals surface area contributed by atoms with Crippen molar-refractivity contribution in [2.75, 3.05) is 4.90 Å². The van der Waals surface area contributed by atoms with Gasteiger partial charge in [0, 0.05) is 37.2 Å². The summed E-state index contributed by atoms with van der Waals surface area (Å²) in [5.74, 6) is 0. The van der Waals surface area contributed by atoms with Gasteiger partial charge in [0.2, 0.25) is 0 Å². The lowest BCUT2D eigenvalue weighted by molar-refractivity contribution is 1.20. The van der Waals surface area contributed by atoms with Crippen LogP contribution >= 0.6 is 11.3 Å². The Balaban J connectivity index is 1.39. The zero-order valence-corrected chi connectivity index (χ0v) is 24.3. The number of aryl methyl sites for hydroxylation is 1. The van der Waals surface area contributed by atoms with Crippen LogP contribution in [0.25, 0.3) is 42.4 Å². The molecule has 5 aromatic carbocycles. The van der Waals surface area contributed by atoms with Crippen LogP contribution in [-0.4, -0.2) is 0 Å². The van der Waals surface area contributed by atoms with Crippen LogP contribution in [0.3, 0.4) is 0 Å². The van der Waals surface area contributed by atoms with Crippen LogP contribution in [0, 0.1) is 6.92 Å². The molecule has 0 saturated carbocycles. The third kappa shape index (κ3) is 5.25. The molecule has 0 N–H and O–H groups in total. The van der Waals surface area contributed by atoms with Gasteiger partial charge in [-0.1, -0.05) is 84.4 Å². The molecule has 0 saturated heterocycles. The molecule has 0 aliphatic rings. The molecule has 0 amide bonds. The summed E-state index contributed by atoms with van der Waals surface area (Å²) < 4.78 is 2.01. The lowest BCUT2D eigenvalue weighted by atomic mass is 10.0. The van der Waals surface area contributed by atoms with E-state index < -0.39 is 0 Å². The molecule has 0 unspecified atom stereocenters. The number of rotatable bonds is 6. The second-order valence-corrected chi connectivity index (χ2v) is 11.2. The summed E-state index contributed by atoms with van der Waals surface area (Å²) in [7, 11) is 0. The van der Waals surface area contributed by atoms with E-state index in [0.29, 0.717) is 0 Å². The average Bonchev–Trinajstić information content (AvgIpc) is 3.01. The lowest BCUT2D eigenvalue weighted by Gasteiger charge is -2.26. The van der Waals surface area contributed by atoms with Gasteiger partial charge in [-0.2, -0.15) is 0 Å². The van der Waals surface area contributed by atoms with Gasteiger partial charge >= 0.3 is 0 Å². The Morgan fingerprint density at radius 1 is 0.634 bits per heavy atom. The molecule has 0 aliphatic carbocycles. The molecule has 6 rings (SSSR count). The van der Waals surface area contributed by atoms with Gasteiger partial charge in [0.15, 0.2) is 5.43 Å². The molecule has 3 heteroatoms. The zero-order valence-electron chi connectivity index (χ0n) is 23.5. The van der Waals surface area contributed by atoms with Gasteiger partial charge in [-0.15, -0.1) is 11.3 Å². The summed E-state index contributed by atoms with van der Waals surface area (Å²) in [6.07, 6.45) is 6.31. The lowest BCUT2D eigenvalue weighted by Crippen LogP contribution is -2.14. The van der Waals surface area contributed by atoms with E-state index in [1.807, 2.05) is 25.1 Å². The SMILES string of the molecule is C/C=C\C(=C/C)N(c1ccccc1)c1ccc(-c2ccc3c(=O)c4ccc(-c5ccc(C)cc5)cc4sc3c2)cc1. The smallest absolute Gasteiger partial charge is 0.195 e. The summed E-state index contributed by atoms with van der Waals surface area (Å²) in [6.45, 7) is 6.19. The number of hydrogen-bond donors (Lipinski definition) is 0. The van der Waals surface area contributed by atoms with Gasteiger partial charge in [0.25, 0.3) is 0 Å². The molecule has 6 aromatic rings. The van der Waals surface area contributed by atoms with Crippen molar-refractivity contribution in [2.24, 2.45) is 0 Å². The van der Waals surface area contributed by atoms with E-state index in [1.54, 1.807) is 11.3 Å². The number of hydrogen-bond acceptors (Lipinski definition) is 3. The molecule has 200 valence electrons. The summed E-state index contributed by atoms with van der Waals surface area (Å²) in [4.78, 5) is 15.7. The van der Waals surface area contributed by atoms with Gasteiger partial charge in [-0.25, -0.2) is 0 Å². The maximum Gasteiger partial charge on any atom is 0.195 e. The van der Waals surface area contributed by atoms with Crippen LogP contribution in [0.15, 0.2) is 144 Å². The molecule has 41 heavy (non-hydrogen) atoms. The molecule has 2 nitrogen and oxygen atoms in total. The highest BCUT2D eigenvalue weighted by molar-refractivity contribution is 7.24. The van der Waals surface area contributed by atoms with E-state index in [9.17, 15) is 4.79 Å². The fourth-order valence-electron chi connectivity index (χ4n) is 5.26. The molecule has 0 atom stereocenters. The second-order valence-electron chi connectivity index (χ2n) is 10.2. The predicted molar refractivity (Wildman–Crippen MR) is 178 cm³/mol. The topological polar surface area (TPSA) is 20.3 Å². The number of anilines is 2. The first-order valence-electron chi connectivity index (χ1n) is 13.9. The van der Waals surface area contributed by atoms with Gasteiger partial charge in [0.05, 0.1) is 0 Å². The van der Waals surface area contributed by atoms with Crippen molar-refractivity contribution >= 4 is 42.9 Å². The largest absolute Gasteiger partial charge is 0.311 e. The first-order chi connectivity index (χ1) is 20.1. The van der Waals surface area contributed by atoms with Crippen LogP contribution in [0.2, 0.25) is 0 Å². The fraction of sp³-hybridized carbons (Fsp3) is 0.0789. The van der Waals surface area contributed by atoms with Crippen LogP contribution in [0.4, 0.5) is 11.4 Å². The molecule has 0 spiro atoms. The quantitative estimate of drug-likeness (QED) is 0.152. The maximum absolute atomic E-state index is 13.4. The number of fused-ring (bicyclic) bond motifs is 2. The number of nitrogens with zero attached hydrogens (tertiary/aromatic N) is 1. The van der Waals surface area contributed by atoms with Crippen molar-refractivity contribution in [3.05, 3.63) is 155 Å². The molecular weight excluding hydrogens is 518 g/mol. The standard InChI is InChI=1S/C38H31NOS/c1-4-9-31(5-2)39(32-10-7-6-8-11-32)33-20-16-28(17-21-33)30-19-23-35-37(25-30)41-36-24-29(18-22-34(36)38(35)40)27-14-12-26(3)13-15-27/h4-25H,1-3H3/b9-4-,31-5+. The normalized spacial score (nSPS) is 11.9. The predicted octanol–water partition coefficient (Wildman–Crippen LogP) is 10.7. The molecule has 0 radical (unpaired) electrons. The summed E-state index contributed by atoms with van der Waals surface area (Å²) >= 11 is 1.68. The van der Waals surface area contributed by atoms with E-state index in [4.69, 9.17) is 0 Å². The van der Waals surface area contributed by atoms with Crippen LogP contribution in [0.5, 0.6) is 0 Å². The highest BCUT2D eigenvalue weighted by Gasteiger charge is 2.13. The number of benzene rings is 5. The molecule has 0 bridgehead atoms. The van der Waals surface area contributed by atoms with E-state index in [1.165, 1.54) is 5.56 Å². The Morgan fingerprint density at radius 2 is 1.15 bits per heavy atom. The van der Waals surface area contributed by atoms with Crippen molar-refractivity contribution in [1.82, 2.24) is 0 Å². The fourth-order valence-corrected chi connectivity index (χ4v) is 6.41. The Hall–Kier alpha value is -4.73. The Bertz CT molecular complexity index is 1960. The number of para-hydroxylation sites is 1. The van der Waals surface area contributed by atoms with Gasteiger partial charge < -0.3 is 4.90 Å². The van der Waals surface area contributed by atoms with E-state index in [-0.39, 0.29) is 5.43 Å². The van der Waals surface area contributed by atoms with Crippen LogP contribution in [0.1, 0.15) is 19.4 Å². The van der Waals surface area contributed by atoms with Crippen LogP contribution < -0.4 is 10.3 Å².